The summed E-state index contributed by atoms with van der Waals surface area (Å²) in [6, 6.07) is 3.74. The summed E-state index contributed by atoms with van der Waals surface area (Å²) in [6.07, 6.45) is 2.78. The monoisotopic (exact) mass is 368 g/mol. The van der Waals surface area contributed by atoms with Crippen LogP contribution in [0.3, 0.4) is 0 Å². The number of carbonyl (C=O) groups is 1. The number of aromatic nitrogens is 1. The molecule has 2 heterocycles. The van der Waals surface area contributed by atoms with Crippen LogP contribution in [0.2, 0.25) is 0 Å². The van der Waals surface area contributed by atoms with E-state index in [9.17, 15) is 9.90 Å². The Morgan fingerprint density at radius 2 is 2.00 bits per heavy atom. The fourth-order valence-electron chi connectivity index (χ4n) is 3.49. The fourth-order valence-corrected chi connectivity index (χ4v) is 3.72. The number of amides is 1. The molecule has 1 amide bonds. The van der Waals surface area contributed by atoms with Gasteiger partial charge in [0.25, 0.3) is 0 Å². The van der Waals surface area contributed by atoms with Crippen LogP contribution in [0, 0.1) is 5.41 Å². The summed E-state index contributed by atoms with van der Waals surface area (Å²) in [6.45, 7) is 6.91. The minimum Gasteiger partial charge on any atom is -0.444 e. The van der Waals surface area contributed by atoms with Crippen molar-refractivity contribution in [1.29, 1.82) is 0 Å². The lowest BCUT2D eigenvalue weighted by molar-refractivity contribution is -0.190. The molecule has 6 heteroatoms. The van der Waals surface area contributed by atoms with Gasteiger partial charge in [-0.05, 0) is 55.6 Å². The maximum Gasteiger partial charge on any atom is 0.410 e. The summed E-state index contributed by atoms with van der Waals surface area (Å²) in [5, 5.41) is 10.7. The molecule has 0 bridgehead atoms. The van der Waals surface area contributed by atoms with Crippen LogP contribution >= 0.6 is 15.9 Å². The average Bonchev–Trinajstić information content (AvgIpc) is 2.30. The van der Waals surface area contributed by atoms with Crippen LogP contribution in [0.1, 0.15) is 39.2 Å². The molecule has 0 radical (unpaired) electrons. The molecule has 2 fully saturated rings. The van der Waals surface area contributed by atoms with Crippen molar-refractivity contribution in [3.05, 3.63) is 28.5 Å². The van der Waals surface area contributed by atoms with Crippen LogP contribution in [0.25, 0.3) is 0 Å². The van der Waals surface area contributed by atoms with Gasteiger partial charge in [0.2, 0.25) is 0 Å². The molecule has 0 aromatic carbocycles. The van der Waals surface area contributed by atoms with Crippen LogP contribution in [0.4, 0.5) is 4.79 Å². The average molecular weight is 369 g/mol. The van der Waals surface area contributed by atoms with Gasteiger partial charge in [0.1, 0.15) is 10.2 Å². The zero-order chi connectivity index (χ0) is 16.2. The number of pyridine rings is 1. The summed E-state index contributed by atoms with van der Waals surface area (Å²) in [5.74, 6) is 0. The van der Waals surface area contributed by atoms with Gasteiger partial charge in [0, 0.05) is 30.3 Å². The number of hydrogen-bond donors (Lipinski definition) is 1. The first-order chi connectivity index (χ1) is 10.1. The van der Waals surface area contributed by atoms with E-state index in [-0.39, 0.29) is 11.5 Å². The summed E-state index contributed by atoms with van der Waals surface area (Å²) < 4.78 is 6.12. The van der Waals surface area contributed by atoms with E-state index in [0.717, 1.165) is 10.2 Å². The highest BCUT2D eigenvalue weighted by Gasteiger charge is 2.61. The van der Waals surface area contributed by atoms with E-state index in [1.165, 1.54) is 0 Å². The summed E-state index contributed by atoms with van der Waals surface area (Å²) in [4.78, 5) is 17.9. The molecule has 3 rings (SSSR count). The molecule has 1 aliphatic carbocycles. The van der Waals surface area contributed by atoms with E-state index < -0.39 is 11.2 Å². The first-order valence-electron chi connectivity index (χ1n) is 7.43. The number of nitrogens with zero attached hydrogens (tertiary/aromatic N) is 2. The first kappa shape index (κ1) is 15.7. The minimum absolute atomic E-state index is 0.0404. The lowest BCUT2D eigenvalue weighted by Crippen LogP contribution is -2.68. The van der Waals surface area contributed by atoms with Gasteiger partial charge in [0.15, 0.2) is 0 Å². The smallest absolute Gasteiger partial charge is 0.410 e. The second-order valence-corrected chi connectivity index (χ2v) is 8.40. The van der Waals surface area contributed by atoms with Crippen LogP contribution in [0.5, 0.6) is 0 Å². The maximum absolute atomic E-state index is 12.0. The predicted octanol–water partition coefficient (Wildman–Crippen LogP) is 3.06. The highest BCUT2D eigenvalue weighted by Crippen LogP contribution is 2.58. The normalized spacial score (nSPS) is 22.0. The minimum atomic E-state index is -0.812. The van der Waals surface area contributed by atoms with Crippen LogP contribution in [0.15, 0.2) is 22.9 Å². The SMILES string of the molecule is CC(C)(C)OC(=O)N1CC2(C1)CC(O)(c1ccc(Br)nc1)C2. The second kappa shape index (κ2) is 4.93. The van der Waals surface area contributed by atoms with Crippen LogP contribution in [-0.2, 0) is 10.3 Å². The molecular formula is C16H21BrN2O3. The highest BCUT2D eigenvalue weighted by atomic mass is 79.9. The van der Waals surface area contributed by atoms with Gasteiger partial charge in [-0.2, -0.15) is 0 Å². The quantitative estimate of drug-likeness (QED) is 0.773. The van der Waals surface area contributed by atoms with Crippen molar-refractivity contribution in [1.82, 2.24) is 9.88 Å². The molecule has 0 unspecified atom stereocenters. The van der Waals surface area contributed by atoms with Crippen molar-refractivity contribution in [2.45, 2.75) is 44.8 Å². The number of rotatable bonds is 1. The molecule has 1 aromatic rings. The lowest BCUT2D eigenvalue weighted by atomic mass is 9.53. The second-order valence-electron chi connectivity index (χ2n) is 7.59. The third-order valence-electron chi connectivity index (χ3n) is 4.30. The van der Waals surface area contributed by atoms with Gasteiger partial charge in [0.05, 0.1) is 5.60 Å². The van der Waals surface area contributed by atoms with Crippen molar-refractivity contribution in [3.63, 3.8) is 0 Å². The van der Waals surface area contributed by atoms with Crippen molar-refractivity contribution in [2.75, 3.05) is 13.1 Å². The molecule has 1 saturated heterocycles. The largest absolute Gasteiger partial charge is 0.444 e. The molecular weight excluding hydrogens is 348 g/mol. The molecule has 1 aliphatic heterocycles. The standard InChI is InChI=1S/C16H21BrN2O3/c1-14(2,3)22-13(20)19-9-15(10-19)7-16(21,8-15)11-4-5-12(17)18-6-11/h4-6,21H,7-10H2,1-3H3. The van der Waals surface area contributed by atoms with Crippen molar-refractivity contribution >= 4 is 22.0 Å². The molecule has 5 nitrogen and oxygen atoms in total. The number of carbonyl (C=O) groups excluding carboxylic acids is 1. The molecule has 1 saturated carbocycles. The van der Waals surface area contributed by atoms with E-state index >= 15 is 0 Å². The molecule has 120 valence electrons. The van der Waals surface area contributed by atoms with Gasteiger partial charge in [-0.25, -0.2) is 9.78 Å². The Hall–Kier alpha value is -1.14. The third-order valence-corrected chi connectivity index (χ3v) is 4.77. The number of likely N-dealkylation sites (tertiary alicyclic amines) is 1. The van der Waals surface area contributed by atoms with Gasteiger partial charge < -0.3 is 14.7 Å². The zero-order valence-electron chi connectivity index (χ0n) is 13.1. The Kier molecular flexibility index (Phi) is 3.53. The first-order valence-corrected chi connectivity index (χ1v) is 8.23. The predicted molar refractivity (Wildman–Crippen MR) is 85.3 cm³/mol. The Morgan fingerprint density at radius 1 is 1.36 bits per heavy atom. The summed E-state index contributed by atoms with van der Waals surface area (Å²) in [5.41, 5.74) is -0.396. The van der Waals surface area contributed by atoms with Crippen LogP contribution < -0.4 is 0 Å². The van der Waals surface area contributed by atoms with Crippen molar-refractivity contribution < 1.29 is 14.6 Å². The van der Waals surface area contributed by atoms with Gasteiger partial charge in [-0.1, -0.05) is 6.07 Å². The number of aliphatic hydroxyl groups is 1. The molecule has 1 N–H and O–H groups in total. The van der Waals surface area contributed by atoms with Crippen molar-refractivity contribution in [2.24, 2.45) is 5.41 Å². The molecule has 2 aliphatic rings. The van der Waals surface area contributed by atoms with E-state index in [4.69, 9.17) is 4.74 Å². The van der Waals surface area contributed by atoms with Crippen LogP contribution in [-0.4, -0.2) is 39.8 Å². The number of hydrogen-bond acceptors (Lipinski definition) is 4. The van der Waals surface area contributed by atoms with E-state index in [0.29, 0.717) is 25.9 Å². The Morgan fingerprint density at radius 3 is 2.50 bits per heavy atom. The maximum atomic E-state index is 12.0. The summed E-state index contributed by atoms with van der Waals surface area (Å²) >= 11 is 3.30. The van der Waals surface area contributed by atoms with E-state index in [2.05, 4.69) is 20.9 Å². The fraction of sp³-hybridized carbons (Fsp3) is 0.625. The van der Waals surface area contributed by atoms with Gasteiger partial charge >= 0.3 is 6.09 Å². The van der Waals surface area contributed by atoms with E-state index in [1.54, 1.807) is 11.1 Å². The lowest BCUT2D eigenvalue weighted by Gasteiger charge is -2.62. The Labute approximate surface area is 138 Å². The molecule has 0 atom stereocenters. The molecule has 1 spiro atoms. The third kappa shape index (κ3) is 2.86. The Balaban J connectivity index is 1.56. The molecule has 22 heavy (non-hydrogen) atoms. The van der Waals surface area contributed by atoms with Crippen molar-refractivity contribution in [3.8, 4) is 0 Å². The van der Waals surface area contributed by atoms with E-state index in [1.807, 2.05) is 32.9 Å². The Bertz CT molecular complexity index is 580. The van der Waals surface area contributed by atoms with Gasteiger partial charge in [-0.15, -0.1) is 0 Å². The topological polar surface area (TPSA) is 62.7 Å². The van der Waals surface area contributed by atoms with Gasteiger partial charge in [-0.3, -0.25) is 0 Å². The highest BCUT2D eigenvalue weighted by molar-refractivity contribution is 9.10. The number of halogens is 1. The molecule has 1 aromatic heterocycles. The summed E-state index contributed by atoms with van der Waals surface area (Å²) in [7, 11) is 0. The number of ether oxygens (including phenoxy) is 1. The zero-order valence-corrected chi connectivity index (χ0v) is 14.7.